The van der Waals surface area contributed by atoms with E-state index < -0.39 is 0 Å². The summed E-state index contributed by atoms with van der Waals surface area (Å²) in [7, 11) is 1.65. The van der Waals surface area contributed by atoms with E-state index in [-0.39, 0.29) is 11.0 Å². The highest BCUT2D eigenvalue weighted by Crippen LogP contribution is 2.39. The van der Waals surface area contributed by atoms with Crippen LogP contribution in [0.3, 0.4) is 0 Å². The largest absolute Gasteiger partial charge is 0.497 e. The van der Waals surface area contributed by atoms with Crippen LogP contribution in [0.25, 0.3) is 0 Å². The second-order valence-electron chi connectivity index (χ2n) is 5.83. The Labute approximate surface area is 163 Å². The Morgan fingerprint density at radius 3 is 2.23 bits per heavy atom. The number of methoxy groups -OCH3 is 1. The molecule has 0 unspecified atom stereocenters. The first kappa shape index (κ1) is 18.6. The van der Waals surface area contributed by atoms with E-state index in [0.717, 1.165) is 16.2 Å². The molecule has 0 spiro atoms. The minimum atomic E-state index is 0.0199. The molecular formula is C22H19ClO2S. The molecule has 26 heavy (non-hydrogen) atoms. The van der Waals surface area contributed by atoms with Crippen LogP contribution in [0.2, 0.25) is 5.02 Å². The Hall–Kier alpha value is -2.23. The molecule has 1 atom stereocenters. The Morgan fingerprint density at radius 1 is 0.962 bits per heavy atom. The summed E-state index contributed by atoms with van der Waals surface area (Å²) in [5, 5.41) is 0.651. The van der Waals surface area contributed by atoms with E-state index in [0.29, 0.717) is 17.0 Å². The number of ether oxygens (including phenoxy) is 1. The van der Waals surface area contributed by atoms with Gasteiger partial charge in [-0.3, -0.25) is 4.79 Å². The van der Waals surface area contributed by atoms with E-state index in [1.807, 2.05) is 42.5 Å². The van der Waals surface area contributed by atoms with Crippen molar-refractivity contribution in [3.8, 4) is 5.75 Å². The van der Waals surface area contributed by atoms with Gasteiger partial charge in [0.1, 0.15) is 5.75 Å². The van der Waals surface area contributed by atoms with Crippen molar-refractivity contribution >= 4 is 29.1 Å². The standard InChI is InChI=1S/C22H19ClO2S/c1-25-19-13-9-17(10-14-19)22(26-20-5-3-2-4-6-20)15-21(24)16-7-11-18(23)12-8-16/h2-14,22H,15H2,1H3/t22-/m0/s1. The van der Waals surface area contributed by atoms with Crippen LogP contribution in [0.1, 0.15) is 27.6 Å². The van der Waals surface area contributed by atoms with Gasteiger partial charge in [0.05, 0.1) is 7.11 Å². The van der Waals surface area contributed by atoms with Crippen LogP contribution in [-0.4, -0.2) is 12.9 Å². The van der Waals surface area contributed by atoms with Crippen LogP contribution >= 0.6 is 23.4 Å². The summed E-state index contributed by atoms with van der Waals surface area (Å²) < 4.78 is 5.24. The number of hydrogen-bond acceptors (Lipinski definition) is 3. The third-order valence-corrected chi connectivity index (χ3v) is 5.57. The predicted molar refractivity (Wildman–Crippen MR) is 108 cm³/mol. The maximum absolute atomic E-state index is 12.8. The molecule has 0 fully saturated rings. The molecule has 0 radical (unpaired) electrons. The number of rotatable bonds is 7. The minimum Gasteiger partial charge on any atom is -0.497 e. The number of ketones is 1. The zero-order valence-corrected chi connectivity index (χ0v) is 16.0. The van der Waals surface area contributed by atoms with Crippen LogP contribution < -0.4 is 4.74 Å². The van der Waals surface area contributed by atoms with Crippen LogP contribution in [0.5, 0.6) is 5.75 Å². The van der Waals surface area contributed by atoms with E-state index in [9.17, 15) is 4.79 Å². The normalized spacial score (nSPS) is 11.8. The van der Waals surface area contributed by atoms with Gasteiger partial charge in [-0.25, -0.2) is 0 Å². The van der Waals surface area contributed by atoms with E-state index in [4.69, 9.17) is 16.3 Å². The van der Waals surface area contributed by atoms with Gasteiger partial charge in [0.25, 0.3) is 0 Å². The molecule has 0 aliphatic heterocycles. The summed E-state index contributed by atoms with van der Waals surface area (Å²) in [5.74, 6) is 0.909. The zero-order chi connectivity index (χ0) is 18.4. The second-order valence-corrected chi connectivity index (χ2v) is 7.54. The lowest BCUT2D eigenvalue weighted by Gasteiger charge is -2.17. The quantitative estimate of drug-likeness (QED) is 0.346. The van der Waals surface area contributed by atoms with Crippen molar-refractivity contribution in [2.75, 3.05) is 7.11 Å². The lowest BCUT2D eigenvalue weighted by Crippen LogP contribution is -2.05. The molecule has 3 aromatic carbocycles. The molecular weight excluding hydrogens is 364 g/mol. The fourth-order valence-corrected chi connectivity index (χ4v) is 3.93. The van der Waals surface area contributed by atoms with Gasteiger partial charge in [-0.2, -0.15) is 0 Å². The van der Waals surface area contributed by atoms with E-state index >= 15 is 0 Å². The highest BCUT2D eigenvalue weighted by molar-refractivity contribution is 7.99. The summed E-state index contributed by atoms with van der Waals surface area (Å²) in [6.45, 7) is 0. The van der Waals surface area contributed by atoms with Crippen LogP contribution in [0.4, 0.5) is 0 Å². The number of carbonyl (C=O) groups is 1. The van der Waals surface area contributed by atoms with E-state index in [2.05, 4.69) is 12.1 Å². The number of Topliss-reactive ketones (excluding diaryl/α,β-unsaturated/α-hetero) is 1. The van der Waals surface area contributed by atoms with Crippen molar-refractivity contribution in [3.63, 3.8) is 0 Å². The first-order chi connectivity index (χ1) is 12.7. The molecule has 132 valence electrons. The Balaban J connectivity index is 1.83. The summed E-state index contributed by atoms with van der Waals surface area (Å²) in [6.07, 6.45) is 0.410. The monoisotopic (exact) mass is 382 g/mol. The van der Waals surface area contributed by atoms with Gasteiger partial charge >= 0.3 is 0 Å². The SMILES string of the molecule is COc1ccc([C@H](CC(=O)c2ccc(Cl)cc2)Sc2ccccc2)cc1. The highest BCUT2D eigenvalue weighted by Gasteiger charge is 2.19. The van der Waals surface area contributed by atoms with Crippen LogP contribution in [0, 0.1) is 0 Å². The van der Waals surface area contributed by atoms with Crippen molar-refractivity contribution in [3.05, 3.63) is 95.0 Å². The summed E-state index contributed by atoms with van der Waals surface area (Å²) in [4.78, 5) is 13.9. The molecule has 0 bridgehead atoms. The van der Waals surface area contributed by atoms with Gasteiger partial charge in [0.15, 0.2) is 5.78 Å². The zero-order valence-electron chi connectivity index (χ0n) is 14.4. The van der Waals surface area contributed by atoms with Gasteiger partial charge < -0.3 is 4.74 Å². The smallest absolute Gasteiger partial charge is 0.164 e. The third-order valence-electron chi connectivity index (χ3n) is 4.05. The third kappa shape index (κ3) is 4.90. The average Bonchev–Trinajstić information content (AvgIpc) is 2.69. The molecule has 0 aliphatic carbocycles. The van der Waals surface area contributed by atoms with Gasteiger partial charge in [-0.15, -0.1) is 11.8 Å². The van der Waals surface area contributed by atoms with E-state index in [1.165, 1.54) is 0 Å². The van der Waals surface area contributed by atoms with Gasteiger partial charge in [0, 0.05) is 27.2 Å². The minimum absolute atomic E-state index is 0.0199. The summed E-state index contributed by atoms with van der Waals surface area (Å²) in [6, 6.07) is 25.1. The Morgan fingerprint density at radius 2 is 1.62 bits per heavy atom. The molecule has 3 rings (SSSR count). The molecule has 0 amide bonds. The van der Waals surface area contributed by atoms with Gasteiger partial charge in [-0.05, 0) is 54.1 Å². The van der Waals surface area contributed by atoms with Gasteiger partial charge in [0.2, 0.25) is 0 Å². The molecule has 0 aromatic heterocycles. The highest BCUT2D eigenvalue weighted by atomic mass is 35.5. The molecule has 0 saturated carbocycles. The number of thioether (sulfide) groups is 1. The molecule has 0 saturated heterocycles. The van der Waals surface area contributed by atoms with E-state index in [1.54, 1.807) is 43.1 Å². The Kier molecular flexibility index (Phi) is 6.37. The molecule has 0 N–H and O–H groups in total. The van der Waals surface area contributed by atoms with Crippen molar-refractivity contribution < 1.29 is 9.53 Å². The van der Waals surface area contributed by atoms with Crippen LogP contribution in [-0.2, 0) is 0 Å². The number of carbonyl (C=O) groups excluding carboxylic acids is 1. The number of hydrogen-bond donors (Lipinski definition) is 0. The lowest BCUT2D eigenvalue weighted by atomic mass is 10.0. The fraction of sp³-hybridized carbons (Fsp3) is 0.136. The molecule has 4 heteroatoms. The lowest BCUT2D eigenvalue weighted by molar-refractivity contribution is 0.0982. The average molecular weight is 383 g/mol. The topological polar surface area (TPSA) is 26.3 Å². The second kappa shape index (κ2) is 8.93. The maximum atomic E-state index is 12.8. The molecule has 3 aromatic rings. The molecule has 2 nitrogen and oxygen atoms in total. The maximum Gasteiger partial charge on any atom is 0.164 e. The molecule has 0 heterocycles. The van der Waals surface area contributed by atoms with Crippen LogP contribution in [0.15, 0.2) is 83.8 Å². The van der Waals surface area contributed by atoms with Crippen molar-refractivity contribution in [1.82, 2.24) is 0 Å². The predicted octanol–water partition coefficient (Wildman–Crippen LogP) is 6.46. The first-order valence-corrected chi connectivity index (χ1v) is 9.56. The fourth-order valence-electron chi connectivity index (χ4n) is 2.63. The number of halogens is 1. The molecule has 0 aliphatic rings. The summed E-state index contributed by atoms with van der Waals surface area (Å²) in [5.41, 5.74) is 1.78. The van der Waals surface area contributed by atoms with Crippen molar-refractivity contribution in [2.45, 2.75) is 16.6 Å². The number of benzene rings is 3. The Bertz CT molecular complexity index is 846. The van der Waals surface area contributed by atoms with Crippen molar-refractivity contribution in [2.24, 2.45) is 0 Å². The summed E-state index contributed by atoms with van der Waals surface area (Å²) >= 11 is 7.62. The van der Waals surface area contributed by atoms with Gasteiger partial charge in [-0.1, -0.05) is 41.9 Å². The van der Waals surface area contributed by atoms with Crippen molar-refractivity contribution in [1.29, 1.82) is 0 Å². The first-order valence-electron chi connectivity index (χ1n) is 8.30.